The summed E-state index contributed by atoms with van der Waals surface area (Å²) in [6.45, 7) is 6.31. The van der Waals surface area contributed by atoms with Crippen LogP contribution in [0.15, 0.2) is 24.0 Å². The predicted octanol–water partition coefficient (Wildman–Crippen LogP) is 2.83. The van der Waals surface area contributed by atoms with Crippen LogP contribution in [0.2, 0.25) is 0 Å². The molecule has 2 aliphatic rings. The van der Waals surface area contributed by atoms with E-state index in [1.807, 2.05) is 0 Å². The molecular weight excluding hydrogens is 216 g/mol. The molecule has 0 saturated heterocycles. The van der Waals surface area contributed by atoms with Gasteiger partial charge in [-0.3, -0.25) is 4.79 Å². The highest BCUT2D eigenvalue weighted by molar-refractivity contribution is 5.65. The number of esters is 1. The Hall–Kier alpha value is -1.25. The topological polar surface area (TPSA) is 35.5 Å². The van der Waals surface area contributed by atoms with E-state index in [9.17, 15) is 4.79 Å². The second-order valence-corrected chi connectivity index (χ2v) is 5.05. The van der Waals surface area contributed by atoms with Crippen LogP contribution in [0.1, 0.15) is 32.6 Å². The number of ether oxygens (including phenoxy) is 2. The highest BCUT2D eigenvalue weighted by Gasteiger charge is 2.28. The molecule has 3 nitrogen and oxygen atoms in total. The van der Waals surface area contributed by atoms with Crippen LogP contribution in [0, 0.1) is 11.8 Å². The molecule has 0 aromatic rings. The minimum absolute atomic E-state index is 0.251. The van der Waals surface area contributed by atoms with Gasteiger partial charge in [0.15, 0.2) is 0 Å². The van der Waals surface area contributed by atoms with Gasteiger partial charge in [-0.25, -0.2) is 0 Å². The summed E-state index contributed by atoms with van der Waals surface area (Å²) in [5, 5.41) is 0. The smallest absolute Gasteiger partial charge is 0.302 e. The third-order valence-electron chi connectivity index (χ3n) is 3.35. The Bertz CT molecular complexity index is 343. The Morgan fingerprint density at radius 3 is 2.94 bits per heavy atom. The van der Waals surface area contributed by atoms with Crippen molar-refractivity contribution in [2.24, 2.45) is 11.8 Å². The van der Waals surface area contributed by atoms with Crippen molar-refractivity contribution in [2.75, 3.05) is 13.2 Å². The van der Waals surface area contributed by atoms with Crippen LogP contribution in [-0.2, 0) is 14.3 Å². The van der Waals surface area contributed by atoms with E-state index < -0.39 is 0 Å². The van der Waals surface area contributed by atoms with Gasteiger partial charge in [-0.1, -0.05) is 12.2 Å². The van der Waals surface area contributed by atoms with Gasteiger partial charge < -0.3 is 9.47 Å². The zero-order chi connectivity index (χ0) is 12.3. The van der Waals surface area contributed by atoms with Crippen LogP contribution in [0.5, 0.6) is 0 Å². The number of hydrogen-bond acceptors (Lipinski definition) is 3. The van der Waals surface area contributed by atoms with E-state index in [-0.39, 0.29) is 5.97 Å². The average molecular weight is 236 g/mol. The van der Waals surface area contributed by atoms with E-state index in [4.69, 9.17) is 9.47 Å². The second kappa shape index (κ2) is 5.39. The summed E-state index contributed by atoms with van der Waals surface area (Å²) < 4.78 is 10.5. The van der Waals surface area contributed by atoms with Gasteiger partial charge in [0.05, 0.1) is 5.76 Å². The summed E-state index contributed by atoms with van der Waals surface area (Å²) in [6.07, 6.45) is 6.76. The van der Waals surface area contributed by atoms with Crippen LogP contribution in [0.25, 0.3) is 0 Å². The van der Waals surface area contributed by atoms with E-state index in [1.165, 1.54) is 18.9 Å². The van der Waals surface area contributed by atoms with Crippen LogP contribution in [-0.4, -0.2) is 19.2 Å². The molecule has 2 bridgehead atoms. The molecule has 0 aromatic heterocycles. The largest absolute Gasteiger partial charge is 0.495 e. The fourth-order valence-corrected chi connectivity index (χ4v) is 2.82. The molecular formula is C14H20O3. The van der Waals surface area contributed by atoms with Gasteiger partial charge in [-0.2, -0.15) is 0 Å². The molecule has 3 heteroatoms. The van der Waals surface area contributed by atoms with Crippen LogP contribution in [0.3, 0.4) is 0 Å². The molecule has 0 radical (unpaired) electrons. The first-order valence-corrected chi connectivity index (χ1v) is 6.27. The standard InChI is InChI=1S/C14H20O3/c1-10-5-12-7-13(6-10)9-14(8-12)17-4-3-16-11(2)15/h8,12-13H,1,3-7,9H2,2H3. The van der Waals surface area contributed by atoms with Gasteiger partial charge in [0, 0.05) is 13.3 Å². The quantitative estimate of drug-likeness (QED) is 0.428. The van der Waals surface area contributed by atoms with Gasteiger partial charge in [-0.15, -0.1) is 0 Å². The Kier molecular flexibility index (Phi) is 3.87. The summed E-state index contributed by atoms with van der Waals surface area (Å²) in [5.41, 5.74) is 1.38. The fourth-order valence-electron chi connectivity index (χ4n) is 2.82. The van der Waals surface area contributed by atoms with Crippen molar-refractivity contribution in [3.05, 3.63) is 24.0 Å². The Morgan fingerprint density at radius 2 is 2.24 bits per heavy atom. The molecule has 0 N–H and O–H groups in total. The first-order valence-electron chi connectivity index (χ1n) is 6.27. The van der Waals surface area contributed by atoms with E-state index in [0.717, 1.165) is 25.0 Å². The Balaban J connectivity index is 1.78. The average Bonchev–Trinajstić information content (AvgIpc) is 2.22. The van der Waals surface area contributed by atoms with Crippen molar-refractivity contribution in [1.29, 1.82) is 0 Å². The van der Waals surface area contributed by atoms with Gasteiger partial charge in [-0.05, 0) is 37.2 Å². The molecule has 2 unspecified atom stereocenters. The lowest BCUT2D eigenvalue weighted by molar-refractivity contribution is -0.142. The zero-order valence-electron chi connectivity index (χ0n) is 10.4. The van der Waals surface area contributed by atoms with E-state index in [2.05, 4.69) is 12.7 Å². The summed E-state index contributed by atoms with van der Waals surface area (Å²) in [6, 6.07) is 0. The number of rotatable bonds is 4. The molecule has 0 aliphatic heterocycles. The first-order chi connectivity index (χ1) is 8.13. The van der Waals surface area contributed by atoms with Gasteiger partial charge in [0.1, 0.15) is 13.2 Å². The third-order valence-corrected chi connectivity index (χ3v) is 3.35. The monoisotopic (exact) mass is 236 g/mol. The van der Waals surface area contributed by atoms with Crippen LogP contribution in [0.4, 0.5) is 0 Å². The van der Waals surface area contributed by atoms with Crippen molar-refractivity contribution in [3.8, 4) is 0 Å². The summed E-state index contributed by atoms with van der Waals surface area (Å²) in [4.78, 5) is 10.6. The van der Waals surface area contributed by atoms with Gasteiger partial charge >= 0.3 is 5.97 Å². The normalized spacial score (nSPS) is 27.4. The minimum atomic E-state index is -0.251. The third kappa shape index (κ3) is 3.62. The van der Waals surface area contributed by atoms with Crippen molar-refractivity contribution in [2.45, 2.75) is 32.6 Å². The van der Waals surface area contributed by atoms with Crippen molar-refractivity contribution in [1.82, 2.24) is 0 Å². The molecule has 0 aromatic carbocycles. The number of fused-ring (bicyclic) bond motifs is 2. The number of carbonyl (C=O) groups is 1. The van der Waals surface area contributed by atoms with Crippen LogP contribution < -0.4 is 0 Å². The molecule has 1 saturated carbocycles. The molecule has 2 atom stereocenters. The molecule has 0 spiro atoms. The SMILES string of the molecule is C=C1CC2C=C(OCCOC(C)=O)CC(C1)C2. The molecule has 0 amide bonds. The summed E-state index contributed by atoms with van der Waals surface area (Å²) >= 11 is 0. The first kappa shape index (κ1) is 12.2. The van der Waals surface area contributed by atoms with Crippen LogP contribution >= 0.6 is 0 Å². The number of allylic oxidation sites excluding steroid dienone is 3. The summed E-state index contributed by atoms with van der Waals surface area (Å²) in [7, 11) is 0. The van der Waals surface area contributed by atoms with Crippen molar-refractivity contribution < 1.29 is 14.3 Å². The lowest BCUT2D eigenvalue weighted by atomic mass is 9.73. The molecule has 1 fully saturated rings. The Labute approximate surface area is 102 Å². The van der Waals surface area contributed by atoms with E-state index in [0.29, 0.717) is 25.0 Å². The zero-order valence-corrected chi connectivity index (χ0v) is 10.4. The minimum Gasteiger partial charge on any atom is -0.495 e. The Morgan fingerprint density at radius 1 is 1.41 bits per heavy atom. The maximum atomic E-state index is 10.6. The van der Waals surface area contributed by atoms with Gasteiger partial charge in [0.2, 0.25) is 0 Å². The second-order valence-electron chi connectivity index (χ2n) is 5.05. The lowest BCUT2D eigenvalue weighted by Gasteiger charge is -2.34. The fraction of sp³-hybridized carbons (Fsp3) is 0.643. The highest BCUT2D eigenvalue weighted by Crippen LogP contribution is 2.40. The molecule has 0 heterocycles. The van der Waals surface area contributed by atoms with E-state index in [1.54, 1.807) is 0 Å². The summed E-state index contributed by atoms with van der Waals surface area (Å²) in [5.74, 6) is 2.14. The number of carbonyl (C=O) groups excluding carboxylic acids is 1. The van der Waals surface area contributed by atoms with Crippen molar-refractivity contribution in [3.63, 3.8) is 0 Å². The molecule has 2 aliphatic carbocycles. The number of hydrogen-bond donors (Lipinski definition) is 0. The molecule has 2 rings (SSSR count). The maximum Gasteiger partial charge on any atom is 0.302 e. The maximum absolute atomic E-state index is 10.6. The highest BCUT2D eigenvalue weighted by atomic mass is 16.6. The molecule has 94 valence electrons. The van der Waals surface area contributed by atoms with Gasteiger partial charge in [0.25, 0.3) is 0 Å². The predicted molar refractivity (Wildman–Crippen MR) is 65.3 cm³/mol. The van der Waals surface area contributed by atoms with Crippen molar-refractivity contribution >= 4 is 5.97 Å². The molecule has 17 heavy (non-hydrogen) atoms. The van der Waals surface area contributed by atoms with E-state index >= 15 is 0 Å². The lowest BCUT2D eigenvalue weighted by Crippen LogP contribution is -2.22.